The summed E-state index contributed by atoms with van der Waals surface area (Å²) < 4.78 is 27.2. The summed E-state index contributed by atoms with van der Waals surface area (Å²) in [5.41, 5.74) is 1.70. The van der Waals surface area contributed by atoms with Crippen LogP contribution in [0.15, 0.2) is 78.2 Å². The smallest absolute Gasteiger partial charge is 0.264 e. The van der Waals surface area contributed by atoms with Crippen LogP contribution in [-0.4, -0.2) is 29.3 Å². The number of nitrogens with zero attached hydrogens (tertiary/aromatic N) is 2. The van der Waals surface area contributed by atoms with Crippen LogP contribution in [0.5, 0.6) is 0 Å². The molecule has 1 aliphatic carbocycles. The molecule has 156 valence electrons. The summed E-state index contributed by atoms with van der Waals surface area (Å²) in [7, 11) is -3.72. The Labute approximate surface area is 178 Å². The molecule has 0 aliphatic heterocycles. The van der Waals surface area contributed by atoms with Gasteiger partial charge in [0.1, 0.15) is 0 Å². The zero-order chi connectivity index (χ0) is 21.4. The quantitative estimate of drug-likeness (QED) is 0.430. The van der Waals surface area contributed by atoms with Gasteiger partial charge in [-0.2, -0.15) is 0 Å². The van der Waals surface area contributed by atoms with Crippen LogP contribution in [0.4, 0.5) is 11.6 Å². The molecule has 2 heterocycles. The summed E-state index contributed by atoms with van der Waals surface area (Å²) in [5, 5.41) is 5.01. The Morgan fingerprint density at radius 2 is 1.87 bits per heavy atom. The Bertz CT molecular complexity index is 1350. The third-order valence-corrected chi connectivity index (χ3v) is 6.74. The van der Waals surface area contributed by atoms with Crippen LogP contribution < -0.4 is 10.0 Å². The molecule has 3 N–H and O–H groups in total. The van der Waals surface area contributed by atoms with Gasteiger partial charge in [-0.25, -0.2) is 18.1 Å². The van der Waals surface area contributed by atoms with Crippen molar-refractivity contribution in [1.82, 2.24) is 15.0 Å². The standard InChI is InChI=1S/C22H19N5O3S/c28-21(26-17-4-1-16-13-23-8-7-15(16)11-17)20-12-19(20)14-2-5-18(6-3-14)31(29,30)27-22-24-9-10-25-22/h1-11,13,19-20H,12H2,(H,26,28)(H2,24,25,27)/t19-,20+/m0/s1. The number of pyridine rings is 1. The second kappa shape index (κ2) is 7.51. The van der Waals surface area contributed by atoms with E-state index in [1.165, 1.54) is 12.4 Å². The fraction of sp³-hybridized carbons (Fsp3) is 0.136. The molecule has 1 aliphatic rings. The number of hydrogen-bond acceptors (Lipinski definition) is 5. The number of nitrogens with one attached hydrogen (secondary N) is 3. The van der Waals surface area contributed by atoms with Crippen molar-refractivity contribution in [3.8, 4) is 0 Å². The Morgan fingerprint density at radius 3 is 2.65 bits per heavy atom. The minimum atomic E-state index is -3.72. The number of aromatic nitrogens is 3. The summed E-state index contributed by atoms with van der Waals surface area (Å²) in [6.07, 6.45) is 7.24. The van der Waals surface area contributed by atoms with Crippen LogP contribution in [0.2, 0.25) is 0 Å². The zero-order valence-electron chi connectivity index (χ0n) is 16.3. The van der Waals surface area contributed by atoms with Crippen molar-refractivity contribution in [2.75, 3.05) is 10.0 Å². The van der Waals surface area contributed by atoms with Crippen LogP contribution in [0, 0.1) is 5.92 Å². The normalized spacial score (nSPS) is 17.9. The number of anilines is 2. The Balaban J connectivity index is 1.24. The minimum Gasteiger partial charge on any atom is -0.330 e. The number of aromatic amines is 1. The Kier molecular flexibility index (Phi) is 4.67. The maximum atomic E-state index is 12.7. The molecule has 0 saturated heterocycles. The van der Waals surface area contributed by atoms with Crippen LogP contribution in [0.3, 0.4) is 0 Å². The highest BCUT2D eigenvalue weighted by Gasteiger charge is 2.44. The number of carbonyl (C=O) groups excluding carboxylic acids is 1. The molecule has 0 bridgehead atoms. The van der Waals surface area contributed by atoms with E-state index in [1.54, 1.807) is 36.7 Å². The first-order chi connectivity index (χ1) is 15.0. The molecule has 31 heavy (non-hydrogen) atoms. The molecule has 1 fully saturated rings. The third-order valence-electron chi connectivity index (χ3n) is 5.38. The van der Waals surface area contributed by atoms with Crippen molar-refractivity contribution in [1.29, 1.82) is 0 Å². The van der Waals surface area contributed by atoms with Crippen molar-refractivity contribution in [3.63, 3.8) is 0 Å². The fourth-order valence-corrected chi connectivity index (χ4v) is 4.63. The monoisotopic (exact) mass is 433 g/mol. The average Bonchev–Trinajstić information content (AvgIpc) is 3.43. The van der Waals surface area contributed by atoms with Gasteiger partial charge in [0, 0.05) is 41.8 Å². The van der Waals surface area contributed by atoms with E-state index in [0.717, 1.165) is 28.4 Å². The Morgan fingerprint density at radius 1 is 1.03 bits per heavy atom. The SMILES string of the molecule is O=C(Nc1ccc2cnccc2c1)[C@@H]1C[C@H]1c1ccc(S(=O)(=O)Nc2ncc[nH]2)cc1. The lowest BCUT2D eigenvalue weighted by molar-refractivity contribution is -0.117. The van der Waals surface area contributed by atoms with Gasteiger partial charge in [0.25, 0.3) is 10.0 Å². The lowest BCUT2D eigenvalue weighted by Crippen LogP contribution is -2.15. The Hall–Kier alpha value is -3.72. The van der Waals surface area contributed by atoms with E-state index in [0.29, 0.717) is 0 Å². The van der Waals surface area contributed by atoms with Gasteiger partial charge in [-0.05, 0) is 53.6 Å². The summed E-state index contributed by atoms with van der Waals surface area (Å²) >= 11 is 0. The second-order valence-corrected chi connectivity index (χ2v) is 9.17. The highest BCUT2D eigenvalue weighted by molar-refractivity contribution is 7.92. The zero-order valence-corrected chi connectivity index (χ0v) is 17.1. The van der Waals surface area contributed by atoms with E-state index >= 15 is 0 Å². The minimum absolute atomic E-state index is 0.0328. The first-order valence-corrected chi connectivity index (χ1v) is 11.2. The molecule has 8 nitrogen and oxygen atoms in total. The van der Waals surface area contributed by atoms with Crippen molar-refractivity contribution in [3.05, 3.63) is 78.9 Å². The summed E-state index contributed by atoms with van der Waals surface area (Å²) in [6, 6.07) is 14.2. The molecule has 2 aromatic carbocycles. The van der Waals surface area contributed by atoms with Crippen LogP contribution in [0.25, 0.3) is 10.8 Å². The van der Waals surface area contributed by atoms with Crippen molar-refractivity contribution in [2.45, 2.75) is 17.2 Å². The van der Waals surface area contributed by atoms with E-state index in [9.17, 15) is 13.2 Å². The van der Waals surface area contributed by atoms with E-state index in [2.05, 4.69) is 25.0 Å². The molecule has 0 spiro atoms. The van der Waals surface area contributed by atoms with Crippen molar-refractivity contribution < 1.29 is 13.2 Å². The topological polar surface area (TPSA) is 117 Å². The molecular weight excluding hydrogens is 414 g/mol. The van der Waals surface area contributed by atoms with E-state index in [4.69, 9.17) is 0 Å². The first kappa shape index (κ1) is 19.3. The number of carbonyl (C=O) groups is 1. The molecule has 4 aromatic rings. The average molecular weight is 433 g/mol. The number of H-pyrrole nitrogens is 1. The van der Waals surface area contributed by atoms with E-state index in [-0.39, 0.29) is 28.6 Å². The van der Waals surface area contributed by atoms with Gasteiger partial charge in [-0.15, -0.1) is 0 Å². The van der Waals surface area contributed by atoms with Gasteiger partial charge >= 0.3 is 0 Å². The maximum absolute atomic E-state index is 12.7. The second-order valence-electron chi connectivity index (χ2n) is 7.49. The van der Waals surface area contributed by atoms with Gasteiger partial charge in [0.05, 0.1) is 4.90 Å². The number of benzene rings is 2. The van der Waals surface area contributed by atoms with Crippen LogP contribution in [-0.2, 0) is 14.8 Å². The number of hydrogen-bond donors (Lipinski definition) is 3. The number of fused-ring (bicyclic) bond motifs is 1. The van der Waals surface area contributed by atoms with Crippen LogP contribution in [0.1, 0.15) is 17.9 Å². The molecule has 2 aromatic heterocycles. The first-order valence-electron chi connectivity index (χ1n) is 9.76. The predicted octanol–water partition coefficient (Wildman–Crippen LogP) is 3.50. The molecule has 0 radical (unpaired) electrons. The lowest BCUT2D eigenvalue weighted by Gasteiger charge is -2.08. The van der Waals surface area contributed by atoms with Crippen molar-refractivity contribution in [2.24, 2.45) is 5.92 Å². The number of sulfonamides is 1. The summed E-state index contributed by atoms with van der Waals surface area (Å²) in [6.45, 7) is 0. The molecule has 1 amide bonds. The summed E-state index contributed by atoms with van der Waals surface area (Å²) in [4.78, 5) is 23.5. The largest absolute Gasteiger partial charge is 0.330 e. The molecule has 2 atom stereocenters. The van der Waals surface area contributed by atoms with Gasteiger partial charge < -0.3 is 10.3 Å². The number of imidazole rings is 1. The van der Waals surface area contributed by atoms with E-state index in [1.807, 2.05) is 24.3 Å². The van der Waals surface area contributed by atoms with Gasteiger partial charge in [0.2, 0.25) is 11.9 Å². The van der Waals surface area contributed by atoms with Crippen LogP contribution >= 0.6 is 0 Å². The fourth-order valence-electron chi connectivity index (χ4n) is 3.65. The summed E-state index contributed by atoms with van der Waals surface area (Å²) in [5.74, 6) is 0.0822. The molecule has 0 unspecified atom stereocenters. The lowest BCUT2D eigenvalue weighted by atomic mass is 10.1. The predicted molar refractivity (Wildman–Crippen MR) is 117 cm³/mol. The maximum Gasteiger partial charge on any atom is 0.264 e. The van der Waals surface area contributed by atoms with E-state index < -0.39 is 10.0 Å². The molecular formula is C22H19N5O3S. The highest BCUT2D eigenvalue weighted by Crippen LogP contribution is 2.48. The van der Waals surface area contributed by atoms with Gasteiger partial charge in [0.15, 0.2) is 0 Å². The molecule has 9 heteroatoms. The van der Waals surface area contributed by atoms with Crippen molar-refractivity contribution >= 4 is 38.3 Å². The highest BCUT2D eigenvalue weighted by atomic mass is 32.2. The number of amides is 1. The molecule has 1 saturated carbocycles. The third kappa shape index (κ3) is 3.99. The van der Waals surface area contributed by atoms with Gasteiger partial charge in [-0.1, -0.05) is 18.2 Å². The molecule has 5 rings (SSSR count). The number of rotatable bonds is 6. The van der Waals surface area contributed by atoms with Gasteiger partial charge in [-0.3, -0.25) is 9.78 Å².